The summed E-state index contributed by atoms with van der Waals surface area (Å²) in [6.07, 6.45) is 2.23. The minimum Gasteiger partial charge on any atom is -0.388 e. The van der Waals surface area contributed by atoms with Crippen molar-refractivity contribution in [2.45, 2.75) is 43.5 Å². The van der Waals surface area contributed by atoms with Crippen molar-refractivity contribution >= 4 is 5.91 Å². The Hall–Kier alpha value is -0.690. The fraction of sp³-hybridized carbons (Fsp3) is 0.917. The minimum absolute atomic E-state index is 0.00748. The molecule has 2 saturated heterocycles. The van der Waals surface area contributed by atoms with Crippen molar-refractivity contribution in [2.75, 3.05) is 26.3 Å². The van der Waals surface area contributed by atoms with Crippen molar-refractivity contribution in [3.63, 3.8) is 0 Å². The van der Waals surface area contributed by atoms with E-state index < -0.39 is 11.7 Å². The van der Waals surface area contributed by atoms with Crippen LogP contribution in [0.3, 0.4) is 0 Å². The largest absolute Gasteiger partial charge is 0.388 e. The van der Waals surface area contributed by atoms with Crippen LogP contribution < -0.4 is 11.1 Å². The highest BCUT2D eigenvalue weighted by atomic mass is 16.5. The molecule has 6 heteroatoms. The standard InChI is InChI=1S/C12H22N2O4/c13-7-9-1-2-10(18-9)11(15)14-8-12(16)3-5-17-6-4-12/h9-10,16H,1-8,13H2,(H,14,15). The predicted molar refractivity (Wildman–Crippen MR) is 65.0 cm³/mol. The average molecular weight is 258 g/mol. The second-order valence-corrected chi connectivity index (χ2v) is 5.11. The molecule has 0 aromatic carbocycles. The van der Waals surface area contributed by atoms with E-state index in [1.807, 2.05) is 0 Å². The van der Waals surface area contributed by atoms with E-state index in [1.54, 1.807) is 0 Å². The van der Waals surface area contributed by atoms with Gasteiger partial charge >= 0.3 is 0 Å². The van der Waals surface area contributed by atoms with Gasteiger partial charge in [-0.3, -0.25) is 4.79 Å². The molecule has 4 N–H and O–H groups in total. The Morgan fingerprint density at radius 2 is 2.11 bits per heavy atom. The summed E-state index contributed by atoms with van der Waals surface area (Å²) in [5.41, 5.74) is 4.66. The molecule has 0 radical (unpaired) electrons. The van der Waals surface area contributed by atoms with E-state index in [2.05, 4.69) is 5.32 Å². The van der Waals surface area contributed by atoms with Gasteiger partial charge in [0.2, 0.25) is 5.91 Å². The number of nitrogens with two attached hydrogens (primary N) is 1. The number of amides is 1. The molecule has 2 atom stereocenters. The zero-order valence-electron chi connectivity index (χ0n) is 10.6. The summed E-state index contributed by atoms with van der Waals surface area (Å²) in [6.45, 7) is 1.80. The Balaban J connectivity index is 1.74. The average Bonchev–Trinajstić information content (AvgIpc) is 2.86. The van der Waals surface area contributed by atoms with Gasteiger partial charge in [-0.2, -0.15) is 0 Å². The van der Waals surface area contributed by atoms with Gasteiger partial charge in [-0.15, -0.1) is 0 Å². The lowest BCUT2D eigenvalue weighted by atomic mass is 9.94. The molecule has 104 valence electrons. The highest BCUT2D eigenvalue weighted by Crippen LogP contribution is 2.21. The van der Waals surface area contributed by atoms with Crippen LogP contribution in [0.2, 0.25) is 0 Å². The Labute approximate surface area is 107 Å². The Kier molecular flexibility index (Phi) is 4.55. The Morgan fingerprint density at radius 3 is 2.72 bits per heavy atom. The van der Waals surface area contributed by atoms with Crippen molar-refractivity contribution in [3.8, 4) is 0 Å². The van der Waals surface area contributed by atoms with Crippen LogP contribution in [0.15, 0.2) is 0 Å². The van der Waals surface area contributed by atoms with Gasteiger partial charge in [0.1, 0.15) is 6.10 Å². The van der Waals surface area contributed by atoms with Crippen LogP contribution in [-0.4, -0.2) is 55.1 Å². The summed E-state index contributed by atoms with van der Waals surface area (Å²) >= 11 is 0. The SMILES string of the molecule is NCC1CCC(C(=O)NCC2(O)CCOCC2)O1. The first-order chi connectivity index (χ1) is 8.63. The summed E-state index contributed by atoms with van der Waals surface area (Å²) in [6, 6.07) is 0. The molecule has 1 amide bonds. The van der Waals surface area contributed by atoms with Gasteiger partial charge in [0.05, 0.1) is 11.7 Å². The number of hydrogen-bond donors (Lipinski definition) is 3. The van der Waals surface area contributed by atoms with Gasteiger partial charge in [0.25, 0.3) is 0 Å². The lowest BCUT2D eigenvalue weighted by molar-refractivity contribution is -0.134. The third-order valence-corrected chi connectivity index (χ3v) is 3.68. The zero-order valence-corrected chi connectivity index (χ0v) is 10.6. The molecule has 0 bridgehead atoms. The van der Waals surface area contributed by atoms with Crippen LogP contribution in [-0.2, 0) is 14.3 Å². The maximum atomic E-state index is 11.9. The van der Waals surface area contributed by atoms with Crippen LogP contribution in [0.25, 0.3) is 0 Å². The second-order valence-electron chi connectivity index (χ2n) is 5.11. The number of ether oxygens (including phenoxy) is 2. The molecule has 0 aromatic heterocycles. The van der Waals surface area contributed by atoms with Gasteiger partial charge in [0.15, 0.2) is 0 Å². The topological polar surface area (TPSA) is 93.8 Å². The predicted octanol–water partition coefficient (Wildman–Crippen LogP) is -0.850. The van der Waals surface area contributed by atoms with Gasteiger partial charge in [0, 0.05) is 39.1 Å². The van der Waals surface area contributed by atoms with E-state index >= 15 is 0 Å². The number of carbonyl (C=O) groups is 1. The monoisotopic (exact) mass is 258 g/mol. The highest BCUT2D eigenvalue weighted by molar-refractivity contribution is 5.81. The molecule has 2 fully saturated rings. The number of carbonyl (C=O) groups excluding carboxylic acids is 1. The zero-order chi connectivity index (χ0) is 13.0. The van der Waals surface area contributed by atoms with Crippen LogP contribution in [0, 0.1) is 0 Å². The molecule has 0 aromatic rings. The molecule has 0 spiro atoms. The molecule has 2 unspecified atom stereocenters. The fourth-order valence-electron chi connectivity index (χ4n) is 2.37. The summed E-state index contributed by atoms with van der Waals surface area (Å²) in [5.74, 6) is -0.147. The van der Waals surface area contributed by atoms with E-state index in [9.17, 15) is 9.90 Å². The van der Waals surface area contributed by atoms with Crippen molar-refractivity contribution in [2.24, 2.45) is 5.73 Å². The van der Waals surface area contributed by atoms with Crippen LogP contribution in [0.1, 0.15) is 25.7 Å². The summed E-state index contributed by atoms with van der Waals surface area (Å²) in [7, 11) is 0. The van der Waals surface area contributed by atoms with E-state index in [-0.39, 0.29) is 18.6 Å². The van der Waals surface area contributed by atoms with E-state index in [0.29, 0.717) is 39.0 Å². The molecular weight excluding hydrogens is 236 g/mol. The van der Waals surface area contributed by atoms with Crippen LogP contribution >= 0.6 is 0 Å². The quantitative estimate of drug-likeness (QED) is 0.611. The Bertz CT molecular complexity index is 292. The van der Waals surface area contributed by atoms with E-state index in [4.69, 9.17) is 15.2 Å². The number of rotatable bonds is 4. The van der Waals surface area contributed by atoms with E-state index in [1.165, 1.54) is 0 Å². The van der Waals surface area contributed by atoms with Gasteiger partial charge < -0.3 is 25.6 Å². The van der Waals surface area contributed by atoms with E-state index in [0.717, 1.165) is 6.42 Å². The first-order valence-corrected chi connectivity index (χ1v) is 6.56. The van der Waals surface area contributed by atoms with Crippen molar-refractivity contribution in [1.82, 2.24) is 5.32 Å². The molecule has 2 heterocycles. The molecule has 0 aliphatic carbocycles. The first-order valence-electron chi connectivity index (χ1n) is 6.56. The third kappa shape index (κ3) is 3.41. The maximum absolute atomic E-state index is 11.9. The molecule has 2 aliphatic rings. The van der Waals surface area contributed by atoms with Crippen LogP contribution in [0.4, 0.5) is 0 Å². The summed E-state index contributed by atoms with van der Waals surface area (Å²) < 4.78 is 10.7. The molecule has 0 saturated carbocycles. The third-order valence-electron chi connectivity index (χ3n) is 3.68. The molecule has 2 rings (SSSR count). The summed E-state index contributed by atoms with van der Waals surface area (Å²) in [5, 5.41) is 13.0. The first kappa shape index (κ1) is 13.7. The molecule has 6 nitrogen and oxygen atoms in total. The molecule has 18 heavy (non-hydrogen) atoms. The summed E-state index contributed by atoms with van der Waals surface area (Å²) in [4.78, 5) is 11.9. The Morgan fingerprint density at radius 1 is 1.39 bits per heavy atom. The van der Waals surface area contributed by atoms with Crippen LogP contribution in [0.5, 0.6) is 0 Å². The number of aliphatic hydroxyl groups is 1. The van der Waals surface area contributed by atoms with Crippen molar-refractivity contribution in [3.05, 3.63) is 0 Å². The maximum Gasteiger partial charge on any atom is 0.249 e. The van der Waals surface area contributed by atoms with Gasteiger partial charge in [-0.1, -0.05) is 0 Å². The number of nitrogens with one attached hydrogen (secondary N) is 1. The van der Waals surface area contributed by atoms with Crippen molar-refractivity contribution < 1.29 is 19.4 Å². The lowest BCUT2D eigenvalue weighted by Crippen LogP contribution is -2.48. The van der Waals surface area contributed by atoms with Gasteiger partial charge in [-0.25, -0.2) is 0 Å². The minimum atomic E-state index is -0.834. The van der Waals surface area contributed by atoms with Gasteiger partial charge in [-0.05, 0) is 12.8 Å². The second kappa shape index (κ2) is 5.97. The number of hydrogen-bond acceptors (Lipinski definition) is 5. The smallest absolute Gasteiger partial charge is 0.249 e. The normalized spacial score (nSPS) is 31.2. The molecular formula is C12H22N2O4. The lowest BCUT2D eigenvalue weighted by Gasteiger charge is -2.32. The molecule has 2 aliphatic heterocycles. The fourth-order valence-corrected chi connectivity index (χ4v) is 2.37. The van der Waals surface area contributed by atoms with Crippen molar-refractivity contribution in [1.29, 1.82) is 0 Å². The highest BCUT2D eigenvalue weighted by Gasteiger charge is 2.33.